The molecule has 0 aromatic rings. The van der Waals surface area contributed by atoms with Crippen LogP contribution in [0.5, 0.6) is 0 Å². The fourth-order valence-electron chi connectivity index (χ4n) is 2.79. The molecule has 0 aliphatic heterocycles. The van der Waals surface area contributed by atoms with Crippen LogP contribution >= 0.6 is 24.8 Å². The van der Waals surface area contributed by atoms with E-state index < -0.39 is 20.4 Å². The minimum absolute atomic E-state index is 0. The molecule has 20 heavy (non-hydrogen) atoms. The number of unbranched alkanes of at least 4 members (excludes halogenated alkanes) is 1. The maximum atomic E-state index is 2.60. The molecule has 0 nitrogen and oxygen atoms in total. The molecule has 0 amide bonds. The van der Waals surface area contributed by atoms with Crippen molar-refractivity contribution in [1.29, 1.82) is 0 Å². The maximum absolute atomic E-state index is 2.60. The number of hydrogen-bond donors (Lipinski definition) is 0. The Kier molecular flexibility index (Phi) is 10.7. The predicted octanol–water partition coefficient (Wildman–Crippen LogP) is 5.95. The van der Waals surface area contributed by atoms with Crippen LogP contribution in [0.3, 0.4) is 0 Å². The Morgan fingerprint density at radius 3 is 2.45 bits per heavy atom. The van der Waals surface area contributed by atoms with E-state index in [1.165, 1.54) is 32.1 Å². The van der Waals surface area contributed by atoms with Crippen LogP contribution in [0.25, 0.3) is 0 Å². The molecular weight excluding hydrogens is 382 g/mol. The first kappa shape index (κ1) is 20.6. The van der Waals surface area contributed by atoms with E-state index in [0.717, 1.165) is 0 Å². The monoisotopic (exact) mass is 406 g/mol. The molecule has 0 spiro atoms. The third-order valence-corrected chi connectivity index (χ3v) is 20.8. The second kappa shape index (κ2) is 10.4. The molecule has 2 rings (SSSR count). The van der Waals surface area contributed by atoms with Crippen molar-refractivity contribution in [2.24, 2.45) is 0 Å². The average molecular weight is 409 g/mol. The van der Waals surface area contributed by atoms with Crippen LogP contribution < -0.4 is 0 Å². The molecule has 4 heteroatoms. The molecule has 0 saturated carbocycles. The molecular formula is C16H26Cl2SiZr. The van der Waals surface area contributed by atoms with Crippen molar-refractivity contribution in [3.8, 4) is 0 Å². The van der Waals surface area contributed by atoms with Gasteiger partial charge in [-0.15, -0.1) is 24.8 Å². The van der Waals surface area contributed by atoms with Gasteiger partial charge in [0.25, 0.3) is 0 Å². The third-order valence-electron chi connectivity index (χ3n) is 3.68. The normalized spacial score (nSPS) is 15.8. The predicted molar refractivity (Wildman–Crippen MR) is 94.1 cm³/mol. The Morgan fingerprint density at radius 2 is 1.90 bits per heavy atom. The summed E-state index contributed by atoms with van der Waals surface area (Å²) >= 11 is -1.42. The number of rotatable bonds is 5. The van der Waals surface area contributed by atoms with E-state index in [-0.39, 0.29) is 30.2 Å². The van der Waals surface area contributed by atoms with Crippen LogP contribution in [-0.2, 0) is 20.4 Å². The summed E-state index contributed by atoms with van der Waals surface area (Å²) in [6.45, 7) is 7.38. The molecule has 2 aliphatic rings. The van der Waals surface area contributed by atoms with Gasteiger partial charge < -0.3 is 0 Å². The topological polar surface area (TPSA) is 0 Å². The minimum atomic E-state index is -1.42. The maximum Gasteiger partial charge on any atom is -0.147 e. The van der Waals surface area contributed by atoms with E-state index in [4.69, 9.17) is 0 Å². The molecule has 2 aliphatic carbocycles. The summed E-state index contributed by atoms with van der Waals surface area (Å²) in [7, 11) is 0. The summed E-state index contributed by atoms with van der Waals surface area (Å²) in [5.74, 6) is 0. The zero-order chi connectivity index (χ0) is 13.0. The molecule has 0 atom stereocenters. The molecule has 0 aromatic heterocycles. The molecule has 0 fully saturated rings. The molecule has 0 aromatic carbocycles. The first-order valence-corrected chi connectivity index (χ1v) is 15.8. The molecule has 0 N–H and O–H groups in total. The summed E-state index contributed by atoms with van der Waals surface area (Å²) in [4.78, 5) is 0. The van der Waals surface area contributed by atoms with Crippen LogP contribution in [0.1, 0.15) is 39.0 Å². The standard InChI is InChI=1S/C9H13.C5H5.C2H6Si.2ClH.Zr/c1-2-3-6-9-7-4-5-8-9;1-2-4-5-3-1;1-3-2;;;/h7-8H,2-4,6H2,1H3;1-3H,4H2;1-2H3;2*1H;. The van der Waals surface area contributed by atoms with Crippen molar-refractivity contribution in [3.63, 3.8) is 0 Å². The summed E-state index contributed by atoms with van der Waals surface area (Å²) in [5, 5.41) is 0. The summed E-state index contributed by atoms with van der Waals surface area (Å²) < 4.78 is 3.74. The van der Waals surface area contributed by atoms with E-state index in [1.54, 1.807) is 5.57 Å². The van der Waals surface area contributed by atoms with E-state index in [1.807, 2.05) is 6.56 Å². The van der Waals surface area contributed by atoms with Crippen LogP contribution in [0.4, 0.5) is 0 Å². The number of allylic oxidation sites excluding steroid dienone is 8. The van der Waals surface area contributed by atoms with Gasteiger partial charge in [0.1, 0.15) is 0 Å². The van der Waals surface area contributed by atoms with Gasteiger partial charge in [-0.3, -0.25) is 0 Å². The molecule has 0 unspecified atom stereocenters. The quantitative estimate of drug-likeness (QED) is 0.493. The van der Waals surface area contributed by atoms with Crippen LogP contribution in [-0.4, -0.2) is 5.43 Å². The number of hydrogen-bond acceptors (Lipinski definition) is 0. The SMILES string of the molecule is CCCCC1=CC[C]([Zr]([C]2=CC=CC2)=[Si](C)C)=C1.Cl.Cl. The average Bonchev–Trinajstić information content (AvgIpc) is 2.98. The van der Waals surface area contributed by atoms with Crippen LogP contribution in [0.15, 0.2) is 42.5 Å². The van der Waals surface area contributed by atoms with E-state index in [9.17, 15) is 0 Å². The largest absolute Gasteiger partial charge is 0.147 e. The third kappa shape index (κ3) is 5.44. The van der Waals surface area contributed by atoms with E-state index in [0.29, 0.717) is 0 Å². The van der Waals surface area contributed by atoms with Crippen molar-refractivity contribution in [2.45, 2.75) is 52.1 Å². The van der Waals surface area contributed by atoms with E-state index >= 15 is 0 Å². The molecule has 0 saturated heterocycles. The summed E-state index contributed by atoms with van der Waals surface area (Å²) in [6.07, 6.45) is 18.7. The van der Waals surface area contributed by atoms with Gasteiger partial charge in [0.15, 0.2) is 0 Å². The van der Waals surface area contributed by atoms with Crippen LogP contribution in [0.2, 0.25) is 13.1 Å². The fourth-order valence-corrected chi connectivity index (χ4v) is 19.7. The van der Waals surface area contributed by atoms with Crippen molar-refractivity contribution in [1.82, 2.24) is 0 Å². The molecule has 0 bridgehead atoms. The second-order valence-corrected chi connectivity index (χ2v) is 22.8. The van der Waals surface area contributed by atoms with Crippen molar-refractivity contribution in [3.05, 3.63) is 42.5 Å². The number of halogens is 2. The van der Waals surface area contributed by atoms with Crippen molar-refractivity contribution < 1.29 is 20.4 Å². The van der Waals surface area contributed by atoms with Crippen molar-refractivity contribution in [2.75, 3.05) is 0 Å². The Hall–Kier alpha value is 0.640. The Morgan fingerprint density at radius 1 is 1.15 bits per heavy atom. The van der Waals surface area contributed by atoms with Gasteiger partial charge in [-0.05, 0) is 0 Å². The van der Waals surface area contributed by atoms with Gasteiger partial charge in [0.05, 0.1) is 0 Å². The molecule has 112 valence electrons. The molecule has 0 radical (unpaired) electrons. The summed E-state index contributed by atoms with van der Waals surface area (Å²) in [5.41, 5.74) is 1.54. The minimum Gasteiger partial charge on any atom is -0.147 e. The Bertz CT molecular complexity index is 481. The fraction of sp³-hybridized carbons (Fsp3) is 0.500. The van der Waals surface area contributed by atoms with Crippen molar-refractivity contribution >= 4 is 30.2 Å². The van der Waals surface area contributed by atoms with Gasteiger partial charge in [-0.25, -0.2) is 0 Å². The van der Waals surface area contributed by atoms with Crippen LogP contribution in [0, 0.1) is 0 Å². The van der Waals surface area contributed by atoms with E-state index in [2.05, 4.69) is 50.4 Å². The smallest absolute Gasteiger partial charge is 0.147 e. The Balaban J connectivity index is 0.00000180. The Labute approximate surface area is 144 Å². The zero-order valence-electron chi connectivity index (χ0n) is 12.7. The van der Waals surface area contributed by atoms with Gasteiger partial charge >= 0.3 is 120 Å². The first-order chi connectivity index (χ1) is 8.72. The van der Waals surface area contributed by atoms with Gasteiger partial charge in [0.2, 0.25) is 0 Å². The second-order valence-electron chi connectivity index (χ2n) is 5.46. The first-order valence-electron chi connectivity index (χ1n) is 7.16. The molecule has 0 heterocycles. The summed E-state index contributed by atoms with van der Waals surface area (Å²) in [6, 6.07) is 0. The van der Waals surface area contributed by atoms with Gasteiger partial charge in [0, 0.05) is 0 Å². The van der Waals surface area contributed by atoms with Gasteiger partial charge in [-0.2, -0.15) is 0 Å². The van der Waals surface area contributed by atoms with Gasteiger partial charge in [-0.1, -0.05) is 0 Å². The zero-order valence-corrected chi connectivity index (χ0v) is 17.8.